The molecule has 6 heteroatoms. The minimum atomic E-state index is -0.769. The third-order valence-electron chi connectivity index (χ3n) is 13.6. The second kappa shape index (κ2) is 58.9. The van der Waals surface area contributed by atoms with Gasteiger partial charge in [0.15, 0.2) is 6.10 Å². The van der Waals surface area contributed by atoms with E-state index in [-0.39, 0.29) is 31.1 Å². The van der Waals surface area contributed by atoms with Crippen LogP contribution >= 0.6 is 0 Å². The minimum absolute atomic E-state index is 0.0677. The number of hydrogen-bond acceptors (Lipinski definition) is 6. The normalized spacial score (nSPS) is 12.3. The molecule has 0 saturated heterocycles. The molecule has 0 amide bonds. The molecule has 70 heavy (non-hydrogen) atoms. The van der Waals surface area contributed by atoms with Crippen LogP contribution in [0, 0.1) is 0 Å². The third kappa shape index (κ3) is 56.3. The maximum atomic E-state index is 12.9. The van der Waals surface area contributed by atoms with E-state index in [1.807, 2.05) is 0 Å². The Bertz CT molecular complexity index is 1220. The van der Waals surface area contributed by atoms with Crippen LogP contribution in [0.25, 0.3) is 0 Å². The first-order valence-electron chi connectivity index (χ1n) is 30.6. The van der Waals surface area contributed by atoms with Crippen molar-refractivity contribution < 1.29 is 28.6 Å². The van der Waals surface area contributed by atoms with Crippen molar-refractivity contribution in [1.82, 2.24) is 0 Å². The van der Waals surface area contributed by atoms with Crippen molar-refractivity contribution in [1.29, 1.82) is 0 Å². The Kier molecular flexibility index (Phi) is 56.7. The lowest BCUT2D eigenvalue weighted by molar-refractivity contribution is -0.167. The van der Waals surface area contributed by atoms with Crippen LogP contribution in [0.15, 0.2) is 48.6 Å². The first-order chi connectivity index (χ1) is 34.5. The van der Waals surface area contributed by atoms with E-state index in [4.69, 9.17) is 14.2 Å². The Morgan fingerprint density at radius 2 is 0.557 bits per heavy atom. The van der Waals surface area contributed by atoms with Gasteiger partial charge in [-0.05, 0) is 57.8 Å². The van der Waals surface area contributed by atoms with Gasteiger partial charge in [0.2, 0.25) is 0 Å². The first-order valence-corrected chi connectivity index (χ1v) is 30.6. The Morgan fingerprint density at radius 3 is 0.871 bits per heavy atom. The fraction of sp³-hybridized carbons (Fsp3) is 0.828. The lowest BCUT2D eigenvalue weighted by atomic mass is 10.0. The van der Waals surface area contributed by atoms with Gasteiger partial charge in [-0.2, -0.15) is 0 Å². The van der Waals surface area contributed by atoms with Crippen molar-refractivity contribution in [3.8, 4) is 0 Å². The maximum Gasteiger partial charge on any atom is 0.306 e. The molecule has 0 aromatic rings. The maximum absolute atomic E-state index is 12.9. The van der Waals surface area contributed by atoms with Crippen molar-refractivity contribution in [3.63, 3.8) is 0 Å². The van der Waals surface area contributed by atoms with E-state index in [0.29, 0.717) is 19.3 Å². The Morgan fingerprint density at radius 1 is 0.300 bits per heavy atom. The second-order valence-corrected chi connectivity index (χ2v) is 20.6. The summed E-state index contributed by atoms with van der Waals surface area (Å²) in [5.41, 5.74) is 0. The van der Waals surface area contributed by atoms with Crippen LogP contribution in [0.4, 0.5) is 0 Å². The summed E-state index contributed by atoms with van der Waals surface area (Å²) < 4.78 is 16.9. The highest BCUT2D eigenvalue weighted by atomic mass is 16.6. The number of unbranched alkanes of at least 4 members (excludes halogenated alkanes) is 37. The average molecular weight is 982 g/mol. The second-order valence-electron chi connectivity index (χ2n) is 20.6. The molecule has 1 atom stereocenters. The number of allylic oxidation sites excluding steroid dienone is 8. The molecule has 0 saturated carbocycles. The topological polar surface area (TPSA) is 78.9 Å². The van der Waals surface area contributed by atoms with Crippen LogP contribution in [-0.2, 0) is 28.6 Å². The van der Waals surface area contributed by atoms with Gasteiger partial charge in [-0.15, -0.1) is 0 Å². The molecule has 0 fully saturated rings. The molecule has 0 aliphatic rings. The van der Waals surface area contributed by atoms with Crippen molar-refractivity contribution in [2.24, 2.45) is 0 Å². The van der Waals surface area contributed by atoms with Gasteiger partial charge in [-0.3, -0.25) is 14.4 Å². The molecule has 1 unspecified atom stereocenters. The van der Waals surface area contributed by atoms with Crippen LogP contribution in [-0.4, -0.2) is 37.2 Å². The van der Waals surface area contributed by atoms with Crippen LogP contribution < -0.4 is 0 Å². The van der Waals surface area contributed by atoms with Gasteiger partial charge in [-0.1, -0.05) is 294 Å². The van der Waals surface area contributed by atoms with E-state index < -0.39 is 6.10 Å². The fourth-order valence-corrected chi connectivity index (χ4v) is 9.02. The van der Waals surface area contributed by atoms with Gasteiger partial charge in [-0.25, -0.2) is 0 Å². The summed E-state index contributed by atoms with van der Waals surface area (Å²) in [5.74, 6) is -0.850. The van der Waals surface area contributed by atoms with Crippen LogP contribution in [0.2, 0.25) is 0 Å². The summed E-state index contributed by atoms with van der Waals surface area (Å²) in [7, 11) is 0. The van der Waals surface area contributed by atoms with Gasteiger partial charge in [0.25, 0.3) is 0 Å². The van der Waals surface area contributed by atoms with Crippen LogP contribution in [0.3, 0.4) is 0 Å². The van der Waals surface area contributed by atoms with Gasteiger partial charge < -0.3 is 14.2 Å². The molecule has 0 aliphatic heterocycles. The van der Waals surface area contributed by atoms with Crippen molar-refractivity contribution in [2.45, 2.75) is 329 Å². The highest BCUT2D eigenvalue weighted by molar-refractivity contribution is 5.71. The number of hydrogen-bond donors (Lipinski definition) is 0. The average Bonchev–Trinajstić information content (AvgIpc) is 3.36. The van der Waals surface area contributed by atoms with Gasteiger partial charge in [0.1, 0.15) is 13.2 Å². The van der Waals surface area contributed by atoms with E-state index in [2.05, 4.69) is 69.4 Å². The first kappa shape index (κ1) is 67.4. The fourth-order valence-electron chi connectivity index (χ4n) is 9.02. The van der Waals surface area contributed by atoms with E-state index >= 15 is 0 Å². The Labute approximate surface area is 435 Å². The van der Waals surface area contributed by atoms with Crippen molar-refractivity contribution >= 4 is 17.9 Å². The number of ether oxygens (including phenoxy) is 3. The zero-order valence-electron chi connectivity index (χ0n) is 46.8. The molecule has 0 bridgehead atoms. The van der Waals surface area contributed by atoms with E-state index in [0.717, 1.165) is 83.5 Å². The molecule has 0 aromatic heterocycles. The molecule has 0 N–H and O–H groups in total. The van der Waals surface area contributed by atoms with E-state index in [9.17, 15) is 14.4 Å². The molecule has 0 heterocycles. The lowest BCUT2D eigenvalue weighted by Crippen LogP contribution is -2.30. The summed E-state index contributed by atoms with van der Waals surface area (Å²) in [4.78, 5) is 38.2. The molecular weight excluding hydrogens is 865 g/mol. The van der Waals surface area contributed by atoms with Gasteiger partial charge in [0.05, 0.1) is 0 Å². The van der Waals surface area contributed by atoms with Crippen LogP contribution in [0.1, 0.15) is 323 Å². The minimum Gasteiger partial charge on any atom is -0.462 e. The molecular formula is C64H116O6. The number of rotatable bonds is 56. The quantitative estimate of drug-likeness (QED) is 0.0261. The molecule has 0 aliphatic carbocycles. The van der Waals surface area contributed by atoms with Crippen LogP contribution in [0.5, 0.6) is 0 Å². The predicted molar refractivity (Wildman–Crippen MR) is 302 cm³/mol. The van der Waals surface area contributed by atoms with Crippen molar-refractivity contribution in [3.05, 3.63) is 48.6 Å². The molecule has 408 valence electrons. The standard InChI is InChI=1S/C64H116O6/c1-4-7-10-13-16-19-22-25-27-28-29-30-31-32-33-34-35-36-37-40-42-45-48-51-54-57-63(66)69-60-61(59-68-62(65)56-53-50-47-44-41-38-24-21-18-15-12-9-6-3)70-64(67)58-55-52-49-46-43-39-26-23-20-17-14-11-8-5-2/h7,10,16,19,25,27,29-30,61H,4-6,8-9,11-15,17-18,20-24,26,28,31-60H2,1-3H3/b10-7-,19-16-,27-25-,30-29-. The summed E-state index contributed by atoms with van der Waals surface area (Å²) >= 11 is 0. The summed E-state index contributed by atoms with van der Waals surface area (Å²) in [6.45, 7) is 6.57. The largest absolute Gasteiger partial charge is 0.462 e. The molecule has 0 rings (SSSR count). The Balaban J connectivity index is 4.24. The molecule has 0 radical (unpaired) electrons. The zero-order valence-corrected chi connectivity index (χ0v) is 46.8. The van der Waals surface area contributed by atoms with Crippen molar-refractivity contribution in [2.75, 3.05) is 13.2 Å². The number of esters is 3. The number of carbonyl (C=O) groups excluding carboxylic acids is 3. The number of carbonyl (C=O) groups is 3. The van der Waals surface area contributed by atoms with E-state index in [1.165, 1.54) is 199 Å². The molecule has 0 aromatic carbocycles. The lowest BCUT2D eigenvalue weighted by Gasteiger charge is -2.18. The Hall–Kier alpha value is -2.63. The third-order valence-corrected chi connectivity index (χ3v) is 13.6. The highest BCUT2D eigenvalue weighted by Gasteiger charge is 2.19. The zero-order chi connectivity index (χ0) is 50.7. The highest BCUT2D eigenvalue weighted by Crippen LogP contribution is 2.17. The monoisotopic (exact) mass is 981 g/mol. The predicted octanol–water partition coefficient (Wildman–Crippen LogP) is 20.6. The van der Waals surface area contributed by atoms with Gasteiger partial charge in [0, 0.05) is 19.3 Å². The summed E-state index contributed by atoms with van der Waals surface area (Å²) in [6, 6.07) is 0. The summed E-state index contributed by atoms with van der Waals surface area (Å²) in [6.07, 6.45) is 72.5. The van der Waals surface area contributed by atoms with E-state index in [1.54, 1.807) is 0 Å². The SMILES string of the molecule is CC/C=C\C/C=C\C/C=C\C/C=C\CCCCCCCCCCCCCCC(=O)OCC(COC(=O)CCCCCCCCCCCCCCC)OC(=O)CCCCCCCCCCCCCCCC. The summed E-state index contributed by atoms with van der Waals surface area (Å²) in [5, 5.41) is 0. The van der Waals surface area contributed by atoms with Gasteiger partial charge >= 0.3 is 17.9 Å². The molecule has 0 spiro atoms. The molecule has 6 nitrogen and oxygen atoms in total. The smallest absolute Gasteiger partial charge is 0.306 e.